The molecule has 0 saturated heterocycles. The average Bonchev–Trinajstić information content (AvgIpc) is 3.03. The molecule has 0 radical (unpaired) electrons. The maximum absolute atomic E-state index is 13.4. The first-order chi connectivity index (χ1) is 15.5. The second kappa shape index (κ2) is 11.1. The fraction of sp³-hybridized carbons (Fsp3) is 0.654. The van der Waals surface area contributed by atoms with E-state index in [2.05, 4.69) is 24.9 Å². The Morgan fingerprint density at radius 1 is 1.24 bits per heavy atom. The predicted octanol–water partition coefficient (Wildman–Crippen LogP) is 4.55. The van der Waals surface area contributed by atoms with Crippen LogP contribution in [0.2, 0.25) is 0 Å². The second-order valence-electron chi connectivity index (χ2n) is 9.48. The first kappa shape index (κ1) is 25.9. The van der Waals surface area contributed by atoms with Crippen molar-refractivity contribution in [2.75, 3.05) is 27.3 Å². The first-order valence-electron chi connectivity index (χ1n) is 12.1. The van der Waals surface area contributed by atoms with E-state index in [4.69, 9.17) is 14.2 Å². The van der Waals surface area contributed by atoms with Gasteiger partial charge in [-0.2, -0.15) is 0 Å². The molecule has 2 aliphatic heterocycles. The number of ether oxygens (including phenoxy) is 3. The maximum atomic E-state index is 13.4. The van der Waals surface area contributed by atoms with E-state index in [1.165, 1.54) is 25.7 Å². The molecule has 0 unspecified atom stereocenters. The maximum Gasteiger partial charge on any atom is 0.334 e. The lowest BCUT2D eigenvalue weighted by atomic mass is 9.64. The Bertz CT molecular complexity index is 872. The smallest absolute Gasteiger partial charge is 0.334 e. The SMILES string of the molecule is CCCCCCCCOC(=O)C1=C[C@H](O)C[C@@H]2Oc3c(OC)ccc4c3[C@]12CCN(C)C4.Cl. The highest BCUT2D eigenvalue weighted by atomic mass is 35.5. The molecule has 4 rings (SSSR count). The summed E-state index contributed by atoms with van der Waals surface area (Å²) in [5.41, 5.74) is 2.13. The summed E-state index contributed by atoms with van der Waals surface area (Å²) in [6, 6.07) is 4.02. The Morgan fingerprint density at radius 3 is 2.76 bits per heavy atom. The number of benzene rings is 1. The summed E-state index contributed by atoms with van der Waals surface area (Å²) in [5.74, 6) is 1.07. The quantitative estimate of drug-likeness (QED) is 0.414. The van der Waals surface area contributed by atoms with Crippen molar-refractivity contribution >= 4 is 18.4 Å². The number of methoxy groups -OCH3 is 1. The largest absolute Gasteiger partial charge is 0.493 e. The number of halogens is 1. The van der Waals surface area contributed by atoms with Gasteiger partial charge in [-0.25, -0.2) is 4.79 Å². The Labute approximate surface area is 203 Å². The van der Waals surface area contributed by atoms with E-state index in [0.717, 1.165) is 43.5 Å². The van der Waals surface area contributed by atoms with E-state index in [1.54, 1.807) is 13.2 Å². The Balaban J connectivity index is 0.00000306. The molecule has 1 aromatic carbocycles. The van der Waals surface area contributed by atoms with Gasteiger partial charge in [-0.1, -0.05) is 45.1 Å². The monoisotopic (exact) mass is 479 g/mol. The van der Waals surface area contributed by atoms with Gasteiger partial charge in [0.15, 0.2) is 11.5 Å². The molecular weight excluding hydrogens is 442 g/mol. The highest BCUT2D eigenvalue weighted by molar-refractivity contribution is 5.93. The zero-order chi connectivity index (χ0) is 22.7. The number of carbonyl (C=O) groups excluding carboxylic acids is 1. The van der Waals surface area contributed by atoms with Crippen molar-refractivity contribution in [2.45, 2.75) is 82.5 Å². The second-order valence-corrected chi connectivity index (χ2v) is 9.48. The Kier molecular flexibility index (Phi) is 8.70. The zero-order valence-electron chi connectivity index (χ0n) is 20.1. The minimum Gasteiger partial charge on any atom is -0.493 e. The number of aliphatic hydroxyl groups is 1. The lowest BCUT2D eigenvalue weighted by molar-refractivity contribution is -0.141. The zero-order valence-corrected chi connectivity index (χ0v) is 20.9. The third-order valence-corrected chi connectivity index (χ3v) is 7.26. The normalized spacial score (nSPS) is 25.6. The highest BCUT2D eigenvalue weighted by Gasteiger charge is 2.58. The number of esters is 1. The van der Waals surface area contributed by atoms with Crippen molar-refractivity contribution in [1.82, 2.24) is 4.90 Å². The lowest BCUT2D eigenvalue weighted by Crippen LogP contribution is -2.48. The number of nitrogens with zero attached hydrogens (tertiary/aromatic N) is 1. The number of aliphatic hydroxyl groups excluding tert-OH is 1. The summed E-state index contributed by atoms with van der Waals surface area (Å²) in [7, 11) is 3.74. The van der Waals surface area contributed by atoms with Crippen LogP contribution in [0.3, 0.4) is 0 Å². The standard InChI is InChI=1S/C26H37NO5.ClH/c1-4-5-6-7-8-9-14-31-25(29)20-15-19(28)16-22-26(20)12-13-27(2)17-18-10-11-21(30-3)24(32-22)23(18)26;/h10-11,15,19,22,28H,4-9,12-14,16-17H2,1-3H3;1H/t19-,22-,26+;/m0./s1. The molecule has 1 spiro atoms. The molecule has 0 fully saturated rings. The van der Waals surface area contributed by atoms with Gasteiger partial charge in [-0.15, -0.1) is 12.4 Å². The van der Waals surface area contributed by atoms with Gasteiger partial charge in [0.25, 0.3) is 0 Å². The topological polar surface area (TPSA) is 68.2 Å². The third kappa shape index (κ3) is 4.89. The van der Waals surface area contributed by atoms with Crippen LogP contribution in [0.25, 0.3) is 0 Å². The molecule has 0 bridgehead atoms. The van der Waals surface area contributed by atoms with Crippen LogP contribution in [0.1, 0.15) is 69.4 Å². The van der Waals surface area contributed by atoms with Crippen molar-refractivity contribution in [3.63, 3.8) is 0 Å². The summed E-state index contributed by atoms with van der Waals surface area (Å²) in [6.45, 7) is 4.23. The van der Waals surface area contributed by atoms with Crippen LogP contribution in [0, 0.1) is 0 Å². The van der Waals surface area contributed by atoms with Gasteiger partial charge in [-0.3, -0.25) is 0 Å². The Morgan fingerprint density at radius 2 is 2.00 bits per heavy atom. The van der Waals surface area contributed by atoms with E-state index >= 15 is 0 Å². The molecule has 1 N–H and O–H groups in total. The summed E-state index contributed by atoms with van der Waals surface area (Å²) < 4.78 is 17.8. The lowest BCUT2D eigenvalue weighted by Gasteiger charge is -2.39. The summed E-state index contributed by atoms with van der Waals surface area (Å²) in [6.07, 6.45) is 8.71. The van der Waals surface area contributed by atoms with Gasteiger partial charge in [-0.05, 0) is 44.1 Å². The number of unbranched alkanes of at least 4 members (excludes halogenated alkanes) is 5. The molecule has 2 heterocycles. The van der Waals surface area contributed by atoms with Crippen molar-refractivity contribution in [3.8, 4) is 11.5 Å². The van der Waals surface area contributed by atoms with Crippen LogP contribution in [0.5, 0.6) is 11.5 Å². The number of rotatable bonds is 9. The molecule has 0 aromatic heterocycles. The molecule has 3 aliphatic rings. The summed E-state index contributed by atoms with van der Waals surface area (Å²) >= 11 is 0. The van der Waals surface area contributed by atoms with Gasteiger partial charge in [0.1, 0.15) is 6.10 Å². The summed E-state index contributed by atoms with van der Waals surface area (Å²) in [4.78, 5) is 15.7. The molecule has 33 heavy (non-hydrogen) atoms. The number of hydrogen-bond donors (Lipinski definition) is 1. The van der Waals surface area contributed by atoms with Crippen molar-refractivity contribution in [2.24, 2.45) is 0 Å². The first-order valence-corrected chi connectivity index (χ1v) is 12.1. The molecule has 1 aliphatic carbocycles. The van der Waals surface area contributed by atoms with Crippen LogP contribution in [-0.2, 0) is 21.5 Å². The van der Waals surface area contributed by atoms with E-state index in [0.29, 0.717) is 30.1 Å². The molecule has 7 heteroatoms. The molecule has 6 nitrogen and oxygen atoms in total. The van der Waals surface area contributed by atoms with Crippen LogP contribution in [-0.4, -0.2) is 55.5 Å². The molecule has 1 aromatic rings. The molecule has 0 saturated carbocycles. The van der Waals surface area contributed by atoms with E-state index in [9.17, 15) is 9.90 Å². The fourth-order valence-corrected chi connectivity index (χ4v) is 5.63. The molecule has 184 valence electrons. The van der Waals surface area contributed by atoms with Gasteiger partial charge < -0.3 is 24.2 Å². The minimum atomic E-state index is -0.730. The van der Waals surface area contributed by atoms with Crippen LogP contribution in [0.4, 0.5) is 0 Å². The van der Waals surface area contributed by atoms with Gasteiger partial charge in [0.2, 0.25) is 0 Å². The predicted molar refractivity (Wildman–Crippen MR) is 130 cm³/mol. The molecular formula is C26H38ClNO5. The molecule has 0 amide bonds. The van der Waals surface area contributed by atoms with Crippen molar-refractivity contribution in [1.29, 1.82) is 0 Å². The van der Waals surface area contributed by atoms with Crippen LogP contribution >= 0.6 is 12.4 Å². The summed E-state index contributed by atoms with van der Waals surface area (Å²) in [5, 5.41) is 10.6. The Hall–Kier alpha value is -1.76. The number of carbonyl (C=O) groups is 1. The van der Waals surface area contributed by atoms with Crippen LogP contribution < -0.4 is 9.47 Å². The van der Waals surface area contributed by atoms with Gasteiger partial charge in [0.05, 0.1) is 30.8 Å². The number of hydrogen-bond acceptors (Lipinski definition) is 6. The van der Waals surface area contributed by atoms with Gasteiger partial charge in [0, 0.05) is 18.5 Å². The van der Waals surface area contributed by atoms with E-state index in [1.807, 2.05) is 6.07 Å². The van der Waals surface area contributed by atoms with Gasteiger partial charge >= 0.3 is 5.97 Å². The van der Waals surface area contributed by atoms with Crippen molar-refractivity contribution < 1.29 is 24.1 Å². The van der Waals surface area contributed by atoms with E-state index < -0.39 is 11.5 Å². The average molecular weight is 480 g/mol. The van der Waals surface area contributed by atoms with E-state index in [-0.39, 0.29) is 24.5 Å². The fourth-order valence-electron chi connectivity index (χ4n) is 5.63. The van der Waals surface area contributed by atoms with Crippen LogP contribution in [0.15, 0.2) is 23.8 Å². The minimum absolute atomic E-state index is 0. The van der Waals surface area contributed by atoms with Crippen molar-refractivity contribution in [3.05, 3.63) is 34.9 Å². The molecule has 3 atom stereocenters. The third-order valence-electron chi connectivity index (χ3n) is 7.26. The highest BCUT2D eigenvalue weighted by Crippen LogP contribution is 2.58.